The van der Waals surface area contributed by atoms with E-state index in [0.29, 0.717) is 36.1 Å². The number of hydrogen-bond donors (Lipinski definition) is 3. The number of imidazole rings is 1. The number of amides is 3. The van der Waals surface area contributed by atoms with Gasteiger partial charge in [0.1, 0.15) is 23.4 Å². The Bertz CT molecular complexity index is 1230. The van der Waals surface area contributed by atoms with Crippen molar-refractivity contribution in [3.63, 3.8) is 0 Å². The van der Waals surface area contributed by atoms with E-state index in [1.165, 1.54) is 4.90 Å². The van der Waals surface area contributed by atoms with Gasteiger partial charge in [0, 0.05) is 24.4 Å². The maximum Gasteiger partial charge on any atom is 0.251 e. The van der Waals surface area contributed by atoms with Gasteiger partial charge in [0.2, 0.25) is 11.8 Å². The molecule has 1 aromatic heterocycles. The molecule has 0 radical (unpaired) electrons. The number of H-pyrrole nitrogens is 1. The maximum atomic E-state index is 13.1. The fourth-order valence-electron chi connectivity index (χ4n) is 4.38. The highest BCUT2D eigenvalue weighted by molar-refractivity contribution is 5.97. The number of benzene rings is 2. The summed E-state index contributed by atoms with van der Waals surface area (Å²) in [7, 11) is 0. The van der Waals surface area contributed by atoms with Crippen molar-refractivity contribution in [2.24, 2.45) is 0 Å². The third-order valence-corrected chi connectivity index (χ3v) is 6.21. The Morgan fingerprint density at radius 1 is 1.03 bits per heavy atom. The molecule has 0 saturated carbocycles. The summed E-state index contributed by atoms with van der Waals surface area (Å²) in [6, 6.07) is 15.1. The number of aromatic amines is 1. The monoisotopic (exact) mass is 505 g/mol. The van der Waals surface area contributed by atoms with Crippen molar-refractivity contribution in [2.45, 2.75) is 24.8 Å². The predicted octanol–water partition coefficient (Wildman–Crippen LogP) is 1.59. The minimum atomic E-state index is -1.01. The fourth-order valence-corrected chi connectivity index (χ4v) is 4.38. The Morgan fingerprint density at radius 2 is 1.76 bits per heavy atom. The summed E-state index contributed by atoms with van der Waals surface area (Å²) < 4.78 is 17.2. The molecule has 11 heteroatoms. The van der Waals surface area contributed by atoms with E-state index in [4.69, 9.17) is 14.2 Å². The number of likely N-dealkylation sites (tertiary alicyclic amines) is 1. The Kier molecular flexibility index (Phi) is 7.15. The van der Waals surface area contributed by atoms with Gasteiger partial charge in [-0.05, 0) is 36.4 Å². The second-order valence-electron chi connectivity index (χ2n) is 8.73. The number of nitrogens with zero attached hydrogens (tertiary/aromatic N) is 2. The highest BCUT2D eigenvalue weighted by Gasteiger charge is 2.52. The van der Waals surface area contributed by atoms with Crippen molar-refractivity contribution in [1.82, 2.24) is 25.5 Å². The second kappa shape index (κ2) is 10.8. The molecule has 192 valence electrons. The van der Waals surface area contributed by atoms with Crippen LogP contribution in [0.5, 0.6) is 11.5 Å². The Morgan fingerprint density at radius 3 is 2.46 bits per heavy atom. The molecule has 0 unspecified atom stereocenters. The second-order valence-corrected chi connectivity index (χ2v) is 8.73. The van der Waals surface area contributed by atoms with Crippen LogP contribution in [0.25, 0.3) is 0 Å². The minimum Gasteiger partial charge on any atom is -0.457 e. The van der Waals surface area contributed by atoms with Crippen molar-refractivity contribution < 1.29 is 28.6 Å². The smallest absolute Gasteiger partial charge is 0.251 e. The predicted molar refractivity (Wildman–Crippen MR) is 130 cm³/mol. The molecule has 2 saturated heterocycles. The van der Waals surface area contributed by atoms with Gasteiger partial charge in [-0.2, -0.15) is 0 Å². The molecule has 37 heavy (non-hydrogen) atoms. The van der Waals surface area contributed by atoms with Crippen molar-refractivity contribution >= 4 is 17.7 Å². The quantitative estimate of drug-likeness (QED) is 0.423. The molecule has 11 nitrogen and oxygen atoms in total. The third-order valence-electron chi connectivity index (χ3n) is 6.21. The van der Waals surface area contributed by atoms with Gasteiger partial charge >= 0.3 is 0 Å². The van der Waals surface area contributed by atoms with E-state index in [1.54, 1.807) is 36.7 Å². The number of aromatic nitrogens is 2. The van der Waals surface area contributed by atoms with E-state index < -0.39 is 23.6 Å². The van der Waals surface area contributed by atoms with Crippen LogP contribution in [0.1, 0.15) is 22.6 Å². The topological polar surface area (TPSA) is 135 Å². The van der Waals surface area contributed by atoms with Gasteiger partial charge in [0.25, 0.3) is 5.91 Å². The van der Waals surface area contributed by atoms with E-state index >= 15 is 0 Å². The summed E-state index contributed by atoms with van der Waals surface area (Å²) in [6.45, 7) is 0.804. The summed E-state index contributed by atoms with van der Waals surface area (Å²) in [5, 5.41) is 5.43. The molecule has 3 amide bonds. The number of rotatable bonds is 8. The standard InChI is InChI=1S/C26H27N5O6/c32-23(16-30-24(33)18-6-8-20(9-7-18)37-19-4-2-1-3-5-19)31-17-26(35-12-13-36-26)14-21(31)25(34)29-15-22-27-10-11-28-22/h1-11,21H,12-17H2,(H,27,28)(H,29,34)(H,30,33)/t21-/m0/s1. The van der Waals surface area contributed by atoms with Crippen molar-refractivity contribution in [3.8, 4) is 11.5 Å². The van der Waals surface area contributed by atoms with Crippen LogP contribution in [0.3, 0.4) is 0 Å². The lowest BCUT2D eigenvalue weighted by molar-refractivity contribution is -0.152. The van der Waals surface area contributed by atoms with E-state index in [9.17, 15) is 14.4 Å². The highest BCUT2D eigenvalue weighted by Crippen LogP contribution is 2.35. The molecular weight excluding hydrogens is 478 g/mol. The van der Waals surface area contributed by atoms with E-state index in [0.717, 1.165) is 0 Å². The van der Waals surface area contributed by atoms with E-state index in [2.05, 4.69) is 20.6 Å². The fraction of sp³-hybridized carbons (Fsp3) is 0.308. The number of carbonyl (C=O) groups is 3. The summed E-state index contributed by atoms with van der Waals surface area (Å²) in [4.78, 5) is 47.1. The molecule has 2 aliphatic rings. The lowest BCUT2D eigenvalue weighted by Crippen LogP contribution is -2.49. The molecule has 0 aliphatic carbocycles. The van der Waals surface area contributed by atoms with Crippen LogP contribution < -0.4 is 15.4 Å². The number of ether oxygens (including phenoxy) is 3. The van der Waals surface area contributed by atoms with Crippen LogP contribution in [0, 0.1) is 0 Å². The number of nitrogens with one attached hydrogen (secondary N) is 3. The van der Waals surface area contributed by atoms with Crippen LogP contribution in [-0.4, -0.2) is 70.7 Å². The molecule has 2 aliphatic heterocycles. The van der Waals surface area contributed by atoms with Gasteiger partial charge in [-0.1, -0.05) is 18.2 Å². The van der Waals surface area contributed by atoms with Crippen LogP contribution in [0.2, 0.25) is 0 Å². The SMILES string of the molecule is O=C(NCC(=O)N1CC2(C[C@H]1C(=O)NCc1ncc[nH]1)OCCO2)c1ccc(Oc2ccccc2)cc1. The van der Waals surface area contributed by atoms with E-state index in [1.807, 2.05) is 30.3 Å². The maximum absolute atomic E-state index is 13.1. The third kappa shape index (κ3) is 5.79. The van der Waals surface area contributed by atoms with Gasteiger partial charge in [0.05, 0.1) is 32.8 Å². The van der Waals surface area contributed by atoms with Gasteiger partial charge in [-0.25, -0.2) is 4.98 Å². The van der Waals surface area contributed by atoms with Crippen LogP contribution in [-0.2, 0) is 25.6 Å². The Hall–Kier alpha value is -4.22. The molecule has 1 atom stereocenters. The van der Waals surface area contributed by atoms with Crippen LogP contribution in [0.4, 0.5) is 0 Å². The van der Waals surface area contributed by atoms with Crippen LogP contribution >= 0.6 is 0 Å². The summed E-state index contributed by atoms with van der Waals surface area (Å²) in [5.74, 6) is -0.318. The summed E-state index contributed by atoms with van der Waals surface area (Å²) in [6.07, 6.45) is 3.46. The molecule has 0 bridgehead atoms. The molecule has 5 rings (SSSR count). The average molecular weight is 506 g/mol. The summed E-state index contributed by atoms with van der Waals surface area (Å²) >= 11 is 0. The summed E-state index contributed by atoms with van der Waals surface area (Å²) in [5.41, 5.74) is 0.376. The molecule has 3 aromatic rings. The first-order chi connectivity index (χ1) is 18.0. The van der Waals surface area contributed by atoms with Gasteiger partial charge in [-0.3, -0.25) is 14.4 Å². The molecule has 2 fully saturated rings. The lowest BCUT2D eigenvalue weighted by Gasteiger charge is -2.24. The zero-order valence-corrected chi connectivity index (χ0v) is 20.0. The van der Waals surface area contributed by atoms with Crippen molar-refractivity contribution in [2.75, 3.05) is 26.3 Å². The number of carbonyl (C=O) groups excluding carboxylic acids is 3. The minimum absolute atomic E-state index is 0.103. The Balaban J connectivity index is 1.18. The lowest BCUT2D eigenvalue weighted by atomic mass is 10.1. The van der Waals surface area contributed by atoms with Gasteiger partial charge < -0.3 is 34.7 Å². The first kappa shape index (κ1) is 24.5. The van der Waals surface area contributed by atoms with E-state index in [-0.39, 0.29) is 32.0 Å². The average Bonchev–Trinajstić information content (AvgIpc) is 3.69. The van der Waals surface area contributed by atoms with Crippen LogP contribution in [0.15, 0.2) is 67.0 Å². The zero-order valence-electron chi connectivity index (χ0n) is 20.0. The molecule has 1 spiro atoms. The normalized spacial score (nSPS) is 18.1. The van der Waals surface area contributed by atoms with Crippen molar-refractivity contribution in [3.05, 3.63) is 78.4 Å². The molecule has 3 heterocycles. The van der Waals surface area contributed by atoms with Gasteiger partial charge in [0.15, 0.2) is 5.79 Å². The Labute approximate surface area is 213 Å². The van der Waals surface area contributed by atoms with Gasteiger partial charge in [-0.15, -0.1) is 0 Å². The zero-order chi connectivity index (χ0) is 25.7. The molecule has 3 N–H and O–H groups in total. The molecular formula is C26H27N5O6. The highest BCUT2D eigenvalue weighted by atomic mass is 16.7. The molecule has 2 aromatic carbocycles. The number of para-hydroxylation sites is 1. The van der Waals surface area contributed by atoms with Crippen molar-refractivity contribution in [1.29, 1.82) is 0 Å². The first-order valence-corrected chi connectivity index (χ1v) is 12.0. The number of hydrogen-bond acceptors (Lipinski definition) is 7. The largest absolute Gasteiger partial charge is 0.457 e. The first-order valence-electron chi connectivity index (χ1n) is 12.0.